The smallest absolute Gasteiger partial charge is 0.263 e. The van der Waals surface area contributed by atoms with Crippen LogP contribution in [0.3, 0.4) is 0 Å². The standard InChI is InChI=1S/C20H19NO5/c1-13(20(23)21-10-4-5-11-21)25-19-17(22)14-7-2-3-8-15(14)26-18(19)16-9-6-12-24-16/h2-3,6-9,12-13H,4-5,10-11H2,1H3. The molecule has 1 unspecified atom stereocenters. The zero-order valence-electron chi connectivity index (χ0n) is 14.4. The average Bonchev–Trinajstić information content (AvgIpc) is 3.37. The number of furan rings is 1. The maximum Gasteiger partial charge on any atom is 0.263 e. The van der Waals surface area contributed by atoms with Gasteiger partial charge in [-0.15, -0.1) is 0 Å². The number of hydrogen-bond donors (Lipinski definition) is 0. The van der Waals surface area contributed by atoms with E-state index in [1.165, 1.54) is 6.26 Å². The molecule has 0 N–H and O–H groups in total. The fourth-order valence-corrected chi connectivity index (χ4v) is 3.22. The minimum Gasteiger partial charge on any atom is -0.473 e. The molecule has 1 atom stereocenters. The topological polar surface area (TPSA) is 72.9 Å². The van der Waals surface area contributed by atoms with Gasteiger partial charge < -0.3 is 18.5 Å². The highest BCUT2D eigenvalue weighted by Crippen LogP contribution is 2.31. The molecule has 1 aromatic carbocycles. The van der Waals surface area contributed by atoms with Crippen LogP contribution in [0.4, 0.5) is 0 Å². The van der Waals surface area contributed by atoms with Crippen LogP contribution in [0.15, 0.2) is 56.3 Å². The van der Waals surface area contributed by atoms with Gasteiger partial charge >= 0.3 is 0 Å². The molecule has 1 amide bonds. The lowest BCUT2D eigenvalue weighted by atomic mass is 10.2. The summed E-state index contributed by atoms with van der Waals surface area (Å²) in [6.45, 7) is 3.11. The fourth-order valence-electron chi connectivity index (χ4n) is 3.22. The van der Waals surface area contributed by atoms with Crippen LogP contribution in [-0.2, 0) is 4.79 Å². The number of ether oxygens (including phenoxy) is 1. The van der Waals surface area contributed by atoms with Gasteiger partial charge in [-0.05, 0) is 44.0 Å². The largest absolute Gasteiger partial charge is 0.473 e. The second kappa shape index (κ2) is 6.71. The van der Waals surface area contributed by atoms with Crippen molar-refractivity contribution >= 4 is 16.9 Å². The van der Waals surface area contributed by atoms with Crippen LogP contribution in [0.5, 0.6) is 5.75 Å². The van der Waals surface area contributed by atoms with E-state index in [2.05, 4.69) is 0 Å². The van der Waals surface area contributed by atoms with Crippen LogP contribution in [0.1, 0.15) is 19.8 Å². The molecule has 1 aliphatic heterocycles. The quantitative estimate of drug-likeness (QED) is 0.718. The third kappa shape index (κ3) is 2.87. The first kappa shape index (κ1) is 16.4. The Kier molecular flexibility index (Phi) is 4.24. The number of fused-ring (bicyclic) bond motifs is 1. The van der Waals surface area contributed by atoms with E-state index in [1.807, 2.05) is 0 Å². The van der Waals surface area contributed by atoms with Gasteiger partial charge in [-0.2, -0.15) is 0 Å². The van der Waals surface area contributed by atoms with Gasteiger partial charge in [0.1, 0.15) is 5.58 Å². The normalized spacial score (nSPS) is 15.3. The van der Waals surface area contributed by atoms with Crippen molar-refractivity contribution in [1.82, 2.24) is 4.90 Å². The van der Waals surface area contributed by atoms with Gasteiger partial charge in [0.15, 0.2) is 11.9 Å². The molecule has 0 saturated carbocycles. The van der Waals surface area contributed by atoms with Crippen molar-refractivity contribution in [2.24, 2.45) is 0 Å². The van der Waals surface area contributed by atoms with Crippen LogP contribution in [-0.4, -0.2) is 30.0 Å². The van der Waals surface area contributed by atoms with Crippen molar-refractivity contribution in [3.05, 3.63) is 52.9 Å². The Bertz CT molecular complexity index is 983. The third-order valence-electron chi connectivity index (χ3n) is 4.56. The third-order valence-corrected chi connectivity index (χ3v) is 4.56. The Labute approximate surface area is 150 Å². The highest BCUT2D eigenvalue weighted by Gasteiger charge is 2.28. The van der Waals surface area contributed by atoms with Crippen molar-refractivity contribution in [3.63, 3.8) is 0 Å². The molecule has 3 aromatic rings. The Morgan fingerprint density at radius 3 is 2.65 bits per heavy atom. The molecule has 4 rings (SSSR count). The maximum atomic E-state index is 13.0. The second-order valence-corrected chi connectivity index (χ2v) is 6.36. The first-order valence-electron chi connectivity index (χ1n) is 8.70. The van der Waals surface area contributed by atoms with Crippen LogP contribution in [0.25, 0.3) is 22.5 Å². The van der Waals surface area contributed by atoms with Gasteiger partial charge in [-0.1, -0.05) is 12.1 Å². The first-order chi connectivity index (χ1) is 12.6. The molecule has 26 heavy (non-hydrogen) atoms. The molecule has 0 spiro atoms. The number of benzene rings is 1. The van der Waals surface area contributed by atoms with Gasteiger partial charge in [-0.3, -0.25) is 9.59 Å². The Hall–Kier alpha value is -3.02. The Morgan fingerprint density at radius 2 is 1.92 bits per heavy atom. The molecule has 1 fully saturated rings. The molecule has 6 heteroatoms. The van der Waals surface area contributed by atoms with Gasteiger partial charge in [0.25, 0.3) is 5.91 Å². The zero-order valence-corrected chi connectivity index (χ0v) is 14.4. The number of amides is 1. The molecule has 1 saturated heterocycles. The predicted octanol–water partition coefficient (Wildman–Crippen LogP) is 3.44. The monoisotopic (exact) mass is 353 g/mol. The molecule has 0 radical (unpaired) electrons. The number of carbonyl (C=O) groups is 1. The summed E-state index contributed by atoms with van der Waals surface area (Å²) in [5, 5.41) is 0.402. The summed E-state index contributed by atoms with van der Waals surface area (Å²) < 4.78 is 17.1. The number of para-hydroxylation sites is 1. The van der Waals surface area contributed by atoms with Crippen molar-refractivity contribution < 1.29 is 18.4 Å². The summed E-state index contributed by atoms with van der Waals surface area (Å²) in [6, 6.07) is 10.3. The minimum atomic E-state index is -0.786. The van der Waals surface area contributed by atoms with E-state index in [0.717, 1.165) is 25.9 Å². The summed E-state index contributed by atoms with van der Waals surface area (Å²) in [6.07, 6.45) is 2.70. The van der Waals surface area contributed by atoms with Gasteiger partial charge in [-0.25, -0.2) is 0 Å². The molecule has 1 aliphatic rings. The van der Waals surface area contributed by atoms with Gasteiger partial charge in [0.2, 0.25) is 16.9 Å². The lowest BCUT2D eigenvalue weighted by molar-refractivity contribution is -0.136. The molecule has 0 aliphatic carbocycles. The first-order valence-corrected chi connectivity index (χ1v) is 8.70. The van der Waals surface area contributed by atoms with Crippen LogP contribution in [0.2, 0.25) is 0 Å². The molecule has 134 valence electrons. The van der Waals surface area contributed by atoms with E-state index in [-0.39, 0.29) is 22.8 Å². The van der Waals surface area contributed by atoms with Crippen molar-refractivity contribution in [2.75, 3.05) is 13.1 Å². The lowest BCUT2D eigenvalue weighted by Crippen LogP contribution is -2.39. The Balaban J connectivity index is 1.77. The van der Waals surface area contributed by atoms with Gasteiger partial charge in [0, 0.05) is 13.1 Å². The summed E-state index contributed by atoms with van der Waals surface area (Å²) >= 11 is 0. The summed E-state index contributed by atoms with van der Waals surface area (Å²) in [5.74, 6) is 0.447. The van der Waals surface area contributed by atoms with Gasteiger partial charge in [0.05, 0.1) is 11.6 Å². The maximum absolute atomic E-state index is 13.0. The van der Waals surface area contributed by atoms with Crippen molar-refractivity contribution in [2.45, 2.75) is 25.9 Å². The molecule has 3 heterocycles. The van der Waals surface area contributed by atoms with E-state index in [0.29, 0.717) is 16.7 Å². The summed E-state index contributed by atoms with van der Waals surface area (Å²) in [5.41, 5.74) is 0.120. The molecular formula is C20H19NO5. The molecule has 0 bridgehead atoms. The highest BCUT2D eigenvalue weighted by molar-refractivity contribution is 5.83. The SMILES string of the molecule is CC(Oc1c(-c2ccco2)oc2ccccc2c1=O)C(=O)N1CCCC1. The zero-order chi connectivity index (χ0) is 18.1. The minimum absolute atomic E-state index is 0.00121. The number of likely N-dealkylation sites (tertiary alicyclic amines) is 1. The highest BCUT2D eigenvalue weighted by atomic mass is 16.5. The number of rotatable bonds is 4. The summed E-state index contributed by atoms with van der Waals surface area (Å²) in [7, 11) is 0. The predicted molar refractivity (Wildman–Crippen MR) is 96.1 cm³/mol. The molecular weight excluding hydrogens is 334 g/mol. The Morgan fingerprint density at radius 1 is 1.15 bits per heavy atom. The van der Waals surface area contributed by atoms with E-state index < -0.39 is 6.10 Å². The second-order valence-electron chi connectivity index (χ2n) is 6.36. The van der Waals surface area contributed by atoms with Crippen molar-refractivity contribution in [1.29, 1.82) is 0 Å². The number of carbonyl (C=O) groups excluding carboxylic acids is 1. The number of hydrogen-bond acceptors (Lipinski definition) is 5. The molecule has 2 aromatic heterocycles. The molecule has 6 nitrogen and oxygen atoms in total. The van der Waals surface area contributed by atoms with Crippen LogP contribution >= 0.6 is 0 Å². The van der Waals surface area contributed by atoms with E-state index in [4.69, 9.17) is 13.6 Å². The summed E-state index contributed by atoms with van der Waals surface area (Å²) in [4.78, 5) is 27.3. The van der Waals surface area contributed by atoms with E-state index >= 15 is 0 Å². The average molecular weight is 353 g/mol. The van der Waals surface area contributed by atoms with E-state index in [1.54, 1.807) is 48.2 Å². The van der Waals surface area contributed by atoms with Crippen LogP contribution < -0.4 is 10.2 Å². The van der Waals surface area contributed by atoms with Crippen molar-refractivity contribution in [3.8, 4) is 17.3 Å². The van der Waals surface area contributed by atoms with E-state index in [9.17, 15) is 9.59 Å². The fraction of sp³-hybridized carbons (Fsp3) is 0.300. The number of nitrogens with zero attached hydrogens (tertiary/aromatic N) is 1. The van der Waals surface area contributed by atoms with Crippen LogP contribution in [0, 0.1) is 0 Å². The lowest BCUT2D eigenvalue weighted by Gasteiger charge is -2.21.